The van der Waals surface area contributed by atoms with Gasteiger partial charge >= 0.3 is 0 Å². The minimum absolute atomic E-state index is 0.0747. The second kappa shape index (κ2) is 7.39. The van der Waals surface area contributed by atoms with E-state index in [2.05, 4.69) is 20.8 Å². The summed E-state index contributed by atoms with van der Waals surface area (Å²) in [7, 11) is 1.54. The molecule has 4 nitrogen and oxygen atoms in total. The Morgan fingerprint density at radius 3 is 2.29 bits per heavy atom. The lowest BCUT2D eigenvalue weighted by Gasteiger charge is -2.23. The van der Waals surface area contributed by atoms with Crippen LogP contribution >= 0.6 is 0 Å². The molecule has 0 saturated heterocycles. The van der Waals surface area contributed by atoms with Gasteiger partial charge in [0.15, 0.2) is 11.5 Å². The molecule has 2 aromatic rings. The summed E-state index contributed by atoms with van der Waals surface area (Å²) in [5, 5.41) is 0. The van der Waals surface area contributed by atoms with Gasteiger partial charge in [0.25, 0.3) is 0 Å². The summed E-state index contributed by atoms with van der Waals surface area (Å²) in [5.41, 5.74) is 1.47. The molecule has 0 aliphatic carbocycles. The fraction of sp³-hybridized carbons (Fsp3) is 0.350. The molecule has 0 bridgehead atoms. The molecule has 0 aliphatic heterocycles. The van der Waals surface area contributed by atoms with Crippen molar-refractivity contribution in [2.45, 2.75) is 33.1 Å². The molecule has 0 fully saturated rings. The van der Waals surface area contributed by atoms with Gasteiger partial charge in [-0.15, -0.1) is 0 Å². The normalized spacial score (nSPS) is 11.0. The zero-order chi connectivity index (χ0) is 17.7. The number of aldehydes is 1. The third-order valence-electron chi connectivity index (χ3n) is 3.60. The Morgan fingerprint density at radius 1 is 1.04 bits per heavy atom. The maximum atomic E-state index is 11.2. The second-order valence-corrected chi connectivity index (χ2v) is 6.45. The summed E-state index contributed by atoms with van der Waals surface area (Å²) in [6.45, 7) is 8.73. The van der Waals surface area contributed by atoms with Gasteiger partial charge in [0.05, 0.1) is 13.7 Å². The fourth-order valence-electron chi connectivity index (χ4n) is 2.47. The largest absolute Gasteiger partial charge is 0.493 e. The molecule has 4 heteroatoms. The summed E-state index contributed by atoms with van der Waals surface area (Å²) in [5.74, 6) is 2.17. The Labute approximate surface area is 143 Å². The van der Waals surface area contributed by atoms with Crippen molar-refractivity contribution in [1.29, 1.82) is 0 Å². The van der Waals surface area contributed by atoms with E-state index in [1.165, 1.54) is 0 Å². The number of benzene rings is 2. The predicted octanol–water partition coefficient (Wildman–Crippen LogP) is 5.00. The smallest absolute Gasteiger partial charge is 0.204 e. The van der Waals surface area contributed by atoms with Crippen LogP contribution < -0.4 is 14.2 Å². The zero-order valence-corrected chi connectivity index (χ0v) is 14.9. The fourth-order valence-corrected chi connectivity index (χ4v) is 2.47. The van der Waals surface area contributed by atoms with Crippen LogP contribution in [0.4, 0.5) is 0 Å². The Morgan fingerprint density at radius 2 is 1.71 bits per heavy atom. The Balaban J connectivity index is 2.55. The van der Waals surface area contributed by atoms with E-state index >= 15 is 0 Å². The number of rotatable bonds is 6. The standard InChI is InChI=1S/C20H24O4/c1-6-23-19-17(22-5)11-14(13-21)12-18(19)24-16-10-8-7-9-15(16)20(2,3)4/h7-13H,6H2,1-5H3. The lowest BCUT2D eigenvalue weighted by atomic mass is 9.86. The first kappa shape index (κ1) is 17.9. The zero-order valence-electron chi connectivity index (χ0n) is 14.9. The van der Waals surface area contributed by atoms with Crippen LogP contribution in [0, 0.1) is 0 Å². The molecule has 0 spiro atoms. The van der Waals surface area contributed by atoms with Crippen molar-refractivity contribution in [3.8, 4) is 23.0 Å². The van der Waals surface area contributed by atoms with E-state index in [0.717, 1.165) is 17.6 Å². The Bertz CT molecular complexity index is 714. The quantitative estimate of drug-likeness (QED) is 0.700. The summed E-state index contributed by atoms with van der Waals surface area (Å²) in [4.78, 5) is 11.2. The minimum atomic E-state index is -0.0747. The number of hydrogen-bond acceptors (Lipinski definition) is 4. The molecule has 0 radical (unpaired) electrons. The molecule has 2 aromatic carbocycles. The average molecular weight is 328 g/mol. The van der Waals surface area contributed by atoms with Crippen molar-refractivity contribution in [3.63, 3.8) is 0 Å². The van der Waals surface area contributed by atoms with E-state index < -0.39 is 0 Å². The van der Waals surface area contributed by atoms with Crippen LogP contribution in [0.2, 0.25) is 0 Å². The molecular formula is C20H24O4. The highest BCUT2D eigenvalue weighted by molar-refractivity contribution is 5.78. The van der Waals surface area contributed by atoms with Gasteiger partial charge < -0.3 is 14.2 Å². The van der Waals surface area contributed by atoms with Gasteiger partial charge in [-0.05, 0) is 30.5 Å². The summed E-state index contributed by atoms with van der Waals surface area (Å²) in [6, 6.07) is 11.2. The van der Waals surface area contributed by atoms with Crippen LogP contribution in [0.3, 0.4) is 0 Å². The number of para-hydroxylation sites is 1. The van der Waals surface area contributed by atoms with E-state index in [-0.39, 0.29) is 5.41 Å². The number of carbonyl (C=O) groups is 1. The van der Waals surface area contributed by atoms with E-state index in [0.29, 0.717) is 29.4 Å². The van der Waals surface area contributed by atoms with Crippen LogP contribution in [-0.2, 0) is 5.41 Å². The number of carbonyl (C=O) groups excluding carboxylic acids is 1. The molecule has 0 aliphatic rings. The van der Waals surface area contributed by atoms with Crippen molar-refractivity contribution < 1.29 is 19.0 Å². The highest BCUT2D eigenvalue weighted by atomic mass is 16.5. The predicted molar refractivity (Wildman–Crippen MR) is 94.8 cm³/mol. The lowest BCUT2D eigenvalue weighted by molar-refractivity contribution is 0.112. The van der Waals surface area contributed by atoms with Crippen molar-refractivity contribution in [2.75, 3.05) is 13.7 Å². The molecule has 0 heterocycles. The molecule has 0 atom stereocenters. The van der Waals surface area contributed by atoms with Crippen LogP contribution in [0.25, 0.3) is 0 Å². The minimum Gasteiger partial charge on any atom is -0.493 e. The second-order valence-electron chi connectivity index (χ2n) is 6.45. The van der Waals surface area contributed by atoms with Crippen molar-refractivity contribution in [3.05, 3.63) is 47.5 Å². The maximum absolute atomic E-state index is 11.2. The maximum Gasteiger partial charge on any atom is 0.204 e. The molecule has 0 amide bonds. The van der Waals surface area contributed by atoms with Crippen LogP contribution in [-0.4, -0.2) is 20.0 Å². The Hall–Kier alpha value is -2.49. The van der Waals surface area contributed by atoms with Crippen molar-refractivity contribution in [2.24, 2.45) is 0 Å². The molecule has 2 rings (SSSR count). The first-order chi connectivity index (χ1) is 11.4. The molecule has 128 valence electrons. The van der Waals surface area contributed by atoms with Gasteiger partial charge in [-0.2, -0.15) is 0 Å². The molecular weight excluding hydrogens is 304 g/mol. The van der Waals surface area contributed by atoms with Crippen LogP contribution in [0.1, 0.15) is 43.6 Å². The van der Waals surface area contributed by atoms with E-state index in [9.17, 15) is 4.79 Å². The number of ether oxygens (including phenoxy) is 3. The first-order valence-corrected chi connectivity index (χ1v) is 7.98. The summed E-state index contributed by atoms with van der Waals surface area (Å²) < 4.78 is 17.2. The topological polar surface area (TPSA) is 44.8 Å². The summed E-state index contributed by atoms with van der Waals surface area (Å²) in [6.07, 6.45) is 0.765. The average Bonchev–Trinajstić information content (AvgIpc) is 2.55. The van der Waals surface area contributed by atoms with Gasteiger partial charge in [0.2, 0.25) is 5.75 Å². The third kappa shape index (κ3) is 3.88. The molecule has 0 saturated carbocycles. The highest BCUT2D eigenvalue weighted by Gasteiger charge is 2.21. The third-order valence-corrected chi connectivity index (χ3v) is 3.60. The van der Waals surface area contributed by atoms with E-state index in [4.69, 9.17) is 14.2 Å². The van der Waals surface area contributed by atoms with Gasteiger partial charge in [-0.1, -0.05) is 39.0 Å². The molecule has 0 aromatic heterocycles. The van der Waals surface area contributed by atoms with Gasteiger partial charge in [-0.3, -0.25) is 4.79 Å². The van der Waals surface area contributed by atoms with E-state index in [1.807, 2.05) is 31.2 Å². The SMILES string of the molecule is CCOc1c(OC)cc(C=O)cc1Oc1ccccc1C(C)(C)C. The highest BCUT2D eigenvalue weighted by Crippen LogP contribution is 2.42. The number of hydrogen-bond donors (Lipinski definition) is 0. The summed E-state index contributed by atoms with van der Waals surface area (Å²) >= 11 is 0. The number of methoxy groups -OCH3 is 1. The molecule has 24 heavy (non-hydrogen) atoms. The monoisotopic (exact) mass is 328 g/mol. The van der Waals surface area contributed by atoms with Gasteiger partial charge in [0.1, 0.15) is 12.0 Å². The van der Waals surface area contributed by atoms with Crippen molar-refractivity contribution in [1.82, 2.24) is 0 Å². The van der Waals surface area contributed by atoms with Crippen LogP contribution in [0.15, 0.2) is 36.4 Å². The molecule has 0 N–H and O–H groups in total. The van der Waals surface area contributed by atoms with Crippen molar-refractivity contribution >= 4 is 6.29 Å². The van der Waals surface area contributed by atoms with Gasteiger partial charge in [-0.25, -0.2) is 0 Å². The first-order valence-electron chi connectivity index (χ1n) is 7.98. The Kier molecular flexibility index (Phi) is 5.50. The van der Waals surface area contributed by atoms with E-state index in [1.54, 1.807) is 19.2 Å². The van der Waals surface area contributed by atoms with Gasteiger partial charge in [0, 0.05) is 11.1 Å². The lowest BCUT2D eigenvalue weighted by Crippen LogP contribution is -2.12. The van der Waals surface area contributed by atoms with Crippen LogP contribution in [0.5, 0.6) is 23.0 Å². The molecule has 0 unspecified atom stereocenters.